The van der Waals surface area contributed by atoms with Crippen LogP contribution in [0.2, 0.25) is 0 Å². The first-order chi connectivity index (χ1) is 11.2. The molecule has 1 heterocycles. The fraction of sp³-hybridized carbons (Fsp3) is 0.267. The third kappa shape index (κ3) is 3.07. The molecule has 0 bridgehead atoms. The molecule has 0 aliphatic heterocycles. The first kappa shape index (κ1) is 17.4. The van der Waals surface area contributed by atoms with Gasteiger partial charge in [-0.1, -0.05) is 18.2 Å². The van der Waals surface area contributed by atoms with E-state index in [2.05, 4.69) is 0 Å². The lowest BCUT2D eigenvalue weighted by Gasteiger charge is -2.26. The molecule has 9 heteroatoms. The van der Waals surface area contributed by atoms with Gasteiger partial charge in [0.1, 0.15) is 6.04 Å². The molecule has 0 saturated heterocycles. The van der Waals surface area contributed by atoms with Crippen molar-refractivity contribution in [3.05, 3.63) is 36.0 Å². The summed E-state index contributed by atoms with van der Waals surface area (Å²) >= 11 is 0. The van der Waals surface area contributed by atoms with Crippen molar-refractivity contribution in [1.29, 1.82) is 0 Å². The number of nitrogens with two attached hydrogens (primary N) is 2. The van der Waals surface area contributed by atoms with Gasteiger partial charge >= 0.3 is 17.9 Å². The highest BCUT2D eigenvalue weighted by Gasteiger charge is 2.40. The van der Waals surface area contributed by atoms with Crippen LogP contribution in [0.15, 0.2) is 30.5 Å². The van der Waals surface area contributed by atoms with Gasteiger partial charge in [-0.15, -0.1) is 0 Å². The summed E-state index contributed by atoms with van der Waals surface area (Å²) in [5, 5.41) is 28.0. The van der Waals surface area contributed by atoms with Gasteiger partial charge in [-0.05, 0) is 11.6 Å². The van der Waals surface area contributed by atoms with E-state index in [9.17, 15) is 19.5 Å². The van der Waals surface area contributed by atoms with Crippen LogP contribution in [0, 0.1) is 0 Å². The van der Waals surface area contributed by atoms with Crippen molar-refractivity contribution in [3.63, 3.8) is 0 Å². The van der Waals surface area contributed by atoms with Crippen molar-refractivity contribution in [2.75, 3.05) is 0 Å². The van der Waals surface area contributed by atoms with Crippen LogP contribution in [0.1, 0.15) is 12.0 Å². The number of rotatable bonds is 7. The van der Waals surface area contributed by atoms with E-state index in [-0.39, 0.29) is 6.42 Å². The average Bonchev–Trinajstić information content (AvgIpc) is 2.85. The lowest BCUT2D eigenvalue weighted by atomic mass is 10.1. The molecule has 1 aromatic carbocycles. The molecule has 1 unspecified atom stereocenters. The zero-order chi connectivity index (χ0) is 18.1. The number of nitrogens with zero attached hydrogens (tertiary/aromatic N) is 1. The Bertz CT molecular complexity index is 815. The van der Waals surface area contributed by atoms with Crippen molar-refractivity contribution in [1.82, 2.24) is 4.57 Å². The standard InChI is InChI=1S/C15H17N3O6/c16-10(13(21)22)5-8-7-18(11-4-2-1-3-9(8)11)15(17,14(23)24)6-12(19)20/h1-4,7,10H,5-6,16-17H2,(H,19,20)(H,21,22)(H,23,24)/t10?,15-/m1/s1. The Labute approximate surface area is 136 Å². The van der Waals surface area contributed by atoms with E-state index in [0.717, 1.165) is 4.57 Å². The Balaban J connectivity index is 2.64. The highest BCUT2D eigenvalue weighted by molar-refractivity contribution is 5.89. The fourth-order valence-corrected chi connectivity index (χ4v) is 2.56. The van der Waals surface area contributed by atoms with Crippen molar-refractivity contribution in [2.24, 2.45) is 11.5 Å². The van der Waals surface area contributed by atoms with Gasteiger partial charge in [0, 0.05) is 18.0 Å². The minimum absolute atomic E-state index is 0.0500. The second kappa shape index (κ2) is 6.30. The number of carboxylic acid groups (broad SMARTS) is 3. The van der Waals surface area contributed by atoms with Crippen LogP contribution in [-0.4, -0.2) is 43.8 Å². The molecular weight excluding hydrogens is 318 g/mol. The SMILES string of the molecule is NC(Cc1cn([C@](N)(CC(=O)O)C(=O)O)c2ccccc12)C(=O)O. The van der Waals surface area contributed by atoms with Gasteiger partial charge in [0.2, 0.25) is 5.66 Å². The van der Waals surface area contributed by atoms with E-state index in [1.54, 1.807) is 24.3 Å². The largest absolute Gasteiger partial charge is 0.481 e. The third-order valence-electron chi connectivity index (χ3n) is 3.77. The smallest absolute Gasteiger partial charge is 0.345 e. The van der Waals surface area contributed by atoms with Gasteiger partial charge in [0.15, 0.2) is 0 Å². The maximum absolute atomic E-state index is 11.6. The minimum Gasteiger partial charge on any atom is -0.481 e. The van der Waals surface area contributed by atoms with E-state index in [4.69, 9.17) is 21.7 Å². The molecule has 0 radical (unpaired) electrons. The van der Waals surface area contributed by atoms with Crippen LogP contribution in [0.25, 0.3) is 10.9 Å². The topological polar surface area (TPSA) is 169 Å². The summed E-state index contributed by atoms with van der Waals surface area (Å²) in [6, 6.07) is 5.40. The first-order valence-electron chi connectivity index (χ1n) is 6.98. The number of aromatic nitrogens is 1. The summed E-state index contributed by atoms with van der Waals surface area (Å²) in [6.07, 6.45) is 0.460. The van der Waals surface area contributed by atoms with Gasteiger partial charge in [0.25, 0.3) is 0 Å². The van der Waals surface area contributed by atoms with E-state index in [1.807, 2.05) is 0 Å². The van der Waals surface area contributed by atoms with Gasteiger partial charge in [0.05, 0.1) is 11.9 Å². The average molecular weight is 335 g/mol. The van der Waals surface area contributed by atoms with Crippen LogP contribution in [0.4, 0.5) is 0 Å². The summed E-state index contributed by atoms with van der Waals surface area (Å²) in [4.78, 5) is 33.6. The van der Waals surface area contributed by atoms with Crippen LogP contribution >= 0.6 is 0 Å². The van der Waals surface area contributed by atoms with E-state index >= 15 is 0 Å². The number of carboxylic acids is 3. The molecular formula is C15H17N3O6. The normalized spacial score (nSPS) is 14.9. The summed E-state index contributed by atoms with van der Waals surface area (Å²) in [5.74, 6) is -4.09. The van der Waals surface area contributed by atoms with Gasteiger partial charge in [-0.3, -0.25) is 15.3 Å². The Hall–Kier alpha value is -2.91. The molecule has 0 amide bonds. The number of fused-ring (bicyclic) bond motifs is 1. The zero-order valence-electron chi connectivity index (χ0n) is 12.5. The monoisotopic (exact) mass is 335 g/mol. The lowest BCUT2D eigenvalue weighted by Crippen LogP contribution is -2.51. The van der Waals surface area contributed by atoms with Crippen LogP contribution < -0.4 is 11.5 Å². The fourth-order valence-electron chi connectivity index (χ4n) is 2.56. The summed E-state index contributed by atoms with van der Waals surface area (Å²) in [6.45, 7) is 0. The number of aliphatic carboxylic acids is 3. The maximum atomic E-state index is 11.6. The van der Waals surface area contributed by atoms with Gasteiger partial charge in [-0.25, -0.2) is 4.79 Å². The number of carbonyl (C=O) groups is 3. The van der Waals surface area contributed by atoms with Crippen LogP contribution in [0.3, 0.4) is 0 Å². The summed E-state index contributed by atoms with van der Waals surface area (Å²) < 4.78 is 1.14. The highest BCUT2D eigenvalue weighted by atomic mass is 16.4. The van der Waals surface area contributed by atoms with Gasteiger partial charge in [-0.2, -0.15) is 0 Å². The molecule has 0 spiro atoms. The molecule has 2 atom stereocenters. The molecule has 2 aromatic rings. The minimum atomic E-state index is -2.21. The van der Waals surface area contributed by atoms with Crippen LogP contribution in [0.5, 0.6) is 0 Å². The molecule has 128 valence electrons. The van der Waals surface area contributed by atoms with Crippen molar-refractivity contribution in [3.8, 4) is 0 Å². The predicted octanol–water partition coefficient (Wildman–Crippen LogP) is -0.233. The second-order valence-corrected chi connectivity index (χ2v) is 5.49. The molecule has 1 aromatic heterocycles. The highest BCUT2D eigenvalue weighted by Crippen LogP contribution is 2.28. The molecule has 2 rings (SSSR count). The third-order valence-corrected chi connectivity index (χ3v) is 3.77. The van der Waals surface area contributed by atoms with E-state index in [0.29, 0.717) is 16.5 Å². The first-order valence-corrected chi connectivity index (χ1v) is 6.98. The Morgan fingerprint density at radius 3 is 2.33 bits per heavy atom. The molecule has 0 saturated carbocycles. The van der Waals surface area contributed by atoms with Crippen molar-refractivity contribution in [2.45, 2.75) is 24.5 Å². The van der Waals surface area contributed by atoms with E-state index in [1.165, 1.54) is 6.20 Å². The molecule has 0 fully saturated rings. The maximum Gasteiger partial charge on any atom is 0.345 e. The molecule has 7 N–H and O–H groups in total. The van der Waals surface area contributed by atoms with Crippen molar-refractivity contribution >= 4 is 28.8 Å². The quantitative estimate of drug-likeness (QED) is 0.462. The van der Waals surface area contributed by atoms with Crippen LogP contribution in [-0.2, 0) is 26.5 Å². The number of benzene rings is 1. The number of hydrogen-bond acceptors (Lipinski definition) is 5. The summed E-state index contributed by atoms with van der Waals surface area (Å²) in [5.41, 5.74) is 10.1. The molecule has 9 nitrogen and oxygen atoms in total. The Morgan fingerprint density at radius 2 is 1.79 bits per heavy atom. The Morgan fingerprint density at radius 1 is 1.17 bits per heavy atom. The Kier molecular flexibility index (Phi) is 4.58. The number of para-hydroxylation sites is 1. The number of hydrogen-bond donors (Lipinski definition) is 5. The lowest BCUT2D eigenvalue weighted by molar-refractivity contribution is -0.153. The summed E-state index contributed by atoms with van der Waals surface area (Å²) in [7, 11) is 0. The molecule has 24 heavy (non-hydrogen) atoms. The van der Waals surface area contributed by atoms with E-state index < -0.39 is 36.0 Å². The second-order valence-electron chi connectivity index (χ2n) is 5.49. The van der Waals surface area contributed by atoms with Gasteiger partial charge < -0.3 is 25.6 Å². The molecule has 0 aliphatic carbocycles. The predicted molar refractivity (Wildman–Crippen MR) is 83.3 cm³/mol. The molecule has 0 aliphatic rings. The van der Waals surface area contributed by atoms with Crippen molar-refractivity contribution < 1.29 is 29.7 Å². The zero-order valence-corrected chi connectivity index (χ0v) is 12.5.